The molecule has 4 heterocycles. The van der Waals surface area contributed by atoms with E-state index in [0.29, 0.717) is 23.9 Å². The number of aliphatic hydroxyl groups excluding tert-OH is 1. The van der Waals surface area contributed by atoms with E-state index >= 15 is 0 Å². The molecule has 0 spiro atoms. The molecule has 0 aromatic heterocycles. The summed E-state index contributed by atoms with van der Waals surface area (Å²) >= 11 is 6.06. The first-order chi connectivity index (χ1) is 28.0. The summed E-state index contributed by atoms with van der Waals surface area (Å²) in [4.78, 5) is 102. The third-order valence-electron chi connectivity index (χ3n) is 11.1. The van der Waals surface area contributed by atoms with Crippen LogP contribution in [0.25, 0.3) is 0 Å². The molecule has 4 saturated heterocycles. The lowest BCUT2D eigenvalue weighted by Crippen LogP contribution is -2.63. The molecule has 7 amide bonds. The number of carbonyl (C=O) groups excluding carboxylic acids is 7. The Hall–Kier alpha value is -5.36. The number of fused-ring (bicyclic) bond motifs is 3. The zero-order valence-electron chi connectivity index (χ0n) is 32.8. The first-order valence-electron chi connectivity index (χ1n) is 19.7. The zero-order valence-corrected chi connectivity index (χ0v) is 33.5. The van der Waals surface area contributed by atoms with Crippen molar-refractivity contribution in [3.05, 3.63) is 64.7 Å². The molecule has 4 aliphatic rings. The van der Waals surface area contributed by atoms with Gasteiger partial charge in [-0.1, -0.05) is 24.6 Å². The van der Waals surface area contributed by atoms with Crippen molar-refractivity contribution in [3.8, 4) is 0 Å². The van der Waals surface area contributed by atoms with Crippen LogP contribution in [0.3, 0.4) is 0 Å². The van der Waals surface area contributed by atoms with E-state index in [0.717, 1.165) is 17.0 Å². The van der Waals surface area contributed by atoms with E-state index in [-0.39, 0.29) is 56.1 Å². The molecule has 5 N–H and O–H groups in total. The van der Waals surface area contributed by atoms with Crippen molar-refractivity contribution in [2.24, 2.45) is 5.92 Å². The van der Waals surface area contributed by atoms with Crippen LogP contribution in [0.15, 0.2) is 42.5 Å². The Kier molecular flexibility index (Phi) is 13.4. The van der Waals surface area contributed by atoms with Crippen LogP contribution in [0.2, 0.25) is 5.02 Å². The standard InChI is InChI=1S/C40H48ClF2N7O9/c1-20-11-32-39(57)59-22(3)33(47-34(52)29(14-23-12-25(42)16-26(43)13-23)46-40(58)45-27-8-6-7-24(41)15-27)38(56)50-19-28(51)17-31(50)37(55)48-10-5-4-9-30(48)35(53)44-21(2)36(54)49(32)18-20/h6-8,12-13,15-16,20-22,28-33,51H,4-5,9-11,14,17-19H2,1-3H3,(H,44,53)(H,47,52)(H2,45,46,58)/t20-,21+,22+,28-,29+,30+,31+,32?,33+/m1/s1. The Balaban J connectivity index is 1.36. The molecule has 318 valence electrons. The van der Waals surface area contributed by atoms with E-state index in [2.05, 4.69) is 21.3 Å². The van der Waals surface area contributed by atoms with Crippen molar-refractivity contribution < 1.29 is 52.2 Å². The molecule has 2 aromatic rings. The van der Waals surface area contributed by atoms with Crippen molar-refractivity contribution in [2.45, 2.75) is 108 Å². The second-order valence-corrected chi connectivity index (χ2v) is 16.2. The first kappa shape index (κ1) is 43.2. The van der Waals surface area contributed by atoms with Crippen LogP contribution in [0.1, 0.15) is 58.4 Å². The number of nitrogens with one attached hydrogen (secondary N) is 4. The Labute approximate surface area is 344 Å². The monoisotopic (exact) mass is 843 g/mol. The molecule has 1 unspecified atom stereocenters. The lowest BCUT2D eigenvalue weighted by atomic mass is 9.98. The highest BCUT2D eigenvalue weighted by Crippen LogP contribution is 2.29. The van der Waals surface area contributed by atoms with Gasteiger partial charge in [-0.25, -0.2) is 18.4 Å². The Morgan fingerprint density at radius 2 is 1.61 bits per heavy atom. The van der Waals surface area contributed by atoms with Crippen LogP contribution >= 0.6 is 11.6 Å². The minimum Gasteiger partial charge on any atom is -0.458 e. The maximum atomic E-state index is 14.7. The maximum absolute atomic E-state index is 14.7. The van der Waals surface area contributed by atoms with Crippen LogP contribution < -0.4 is 21.3 Å². The SMILES string of the molecule is C[C@@H]1CC2C(=O)O[C@@H](C)[C@H](NC(=O)[C@H](Cc3cc(F)cc(F)c3)NC(=O)Nc3cccc(Cl)c3)C(=O)N3C[C@H](O)C[C@H]3C(=O)N3CCCC[C@H]3C(=O)N[C@@H](C)C(=O)N2C1. The van der Waals surface area contributed by atoms with Gasteiger partial charge in [0, 0.05) is 49.3 Å². The second kappa shape index (κ2) is 18.3. The Morgan fingerprint density at radius 3 is 2.32 bits per heavy atom. The molecule has 4 fully saturated rings. The number of urea groups is 1. The Bertz CT molecular complexity index is 1970. The minimum atomic E-state index is -1.76. The van der Waals surface area contributed by atoms with E-state index in [4.69, 9.17) is 16.3 Å². The van der Waals surface area contributed by atoms with Crippen LogP contribution in [-0.2, 0) is 39.9 Å². The number of anilines is 1. The van der Waals surface area contributed by atoms with Crippen LogP contribution in [0.5, 0.6) is 0 Å². The number of piperidine rings is 1. The fourth-order valence-electron chi connectivity index (χ4n) is 8.29. The first-order valence-corrected chi connectivity index (χ1v) is 20.1. The van der Waals surface area contributed by atoms with E-state index in [1.54, 1.807) is 12.1 Å². The van der Waals surface area contributed by atoms with Gasteiger partial charge < -0.3 is 45.8 Å². The maximum Gasteiger partial charge on any atom is 0.329 e. The number of aliphatic hydroxyl groups is 1. The molecule has 0 aliphatic carbocycles. The molecule has 2 aromatic carbocycles. The Morgan fingerprint density at radius 1 is 0.898 bits per heavy atom. The van der Waals surface area contributed by atoms with Gasteiger partial charge in [0.05, 0.1) is 6.10 Å². The molecule has 0 radical (unpaired) electrons. The summed E-state index contributed by atoms with van der Waals surface area (Å²) in [6.07, 6.45) is -1.68. The fraction of sp³-hybridized carbons (Fsp3) is 0.525. The smallest absolute Gasteiger partial charge is 0.329 e. The van der Waals surface area contributed by atoms with Crippen molar-refractivity contribution in [3.63, 3.8) is 0 Å². The lowest BCUT2D eigenvalue weighted by Gasteiger charge is -2.39. The molecular formula is C40H48ClF2N7O9. The summed E-state index contributed by atoms with van der Waals surface area (Å²) in [5.74, 6) is -6.68. The third-order valence-corrected chi connectivity index (χ3v) is 11.4. The molecular weight excluding hydrogens is 796 g/mol. The van der Waals surface area contributed by atoms with Crippen LogP contribution in [-0.4, -0.2) is 129 Å². The molecule has 4 aliphatic heterocycles. The van der Waals surface area contributed by atoms with Gasteiger partial charge in [0.15, 0.2) is 0 Å². The third kappa shape index (κ3) is 10.1. The minimum absolute atomic E-state index is 0.0303. The number of ether oxygens (including phenoxy) is 1. The molecule has 16 nitrogen and oxygen atoms in total. The molecule has 6 rings (SSSR count). The van der Waals surface area contributed by atoms with Gasteiger partial charge >= 0.3 is 12.0 Å². The van der Waals surface area contributed by atoms with Crippen molar-refractivity contribution in [1.82, 2.24) is 30.7 Å². The molecule has 19 heteroatoms. The van der Waals surface area contributed by atoms with Gasteiger partial charge in [-0.3, -0.25) is 24.0 Å². The number of hydrogen-bond donors (Lipinski definition) is 5. The number of cyclic esters (lactones) is 1. The number of amides is 7. The summed E-state index contributed by atoms with van der Waals surface area (Å²) in [5.41, 5.74) is 0.219. The van der Waals surface area contributed by atoms with Crippen LogP contribution in [0.4, 0.5) is 19.3 Å². The largest absolute Gasteiger partial charge is 0.458 e. The lowest BCUT2D eigenvalue weighted by molar-refractivity contribution is -0.163. The van der Waals surface area contributed by atoms with Crippen molar-refractivity contribution in [2.75, 3.05) is 25.0 Å². The predicted octanol–water partition coefficient (Wildman–Crippen LogP) is 1.87. The number of carbonyl (C=O) groups is 7. The van der Waals surface area contributed by atoms with E-state index in [9.17, 15) is 47.4 Å². The summed E-state index contributed by atoms with van der Waals surface area (Å²) in [6, 6.07) is -0.0799. The summed E-state index contributed by atoms with van der Waals surface area (Å²) in [5, 5.41) is 21.4. The summed E-state index contributed by atoms with van der Waals surface area (Å²) in [7, 11) is 0. The van der Waals surface area contributed by atoms with Gasteiger partial charge in [-0.2, -0.15) is 0 Å². The number of benzene rings is 2. The summed E-state index contributed by atoms with van der Waals surface area (Å²) < 4.78 is 34.5. The number of nitrogens with zero attached hydrogens (tertiary/aromatic N) is 3. The topological polar surface area (TPSA) is 207 Å². The quantitative estimate of drug-likeness (QED) is 0.269. The summed E-state index contributed by atoms with van der Waals surface area (Å²) in [6.45, 7) is 4.64. The molecule has 0 bridgehead atoms. The second-order valence-electron chi connectivity index (χ2n) is 15.8. The van der Waals surface area contributed by atoms with Gasteiger partial charge in [0.25, 0.3) is 0 Å². The van der Waals surface area contributed by atoms with Gasteiger partial charge in [-0.05, 0) is 81.3 Å². The molecule has 0 saturated carbocycles. The highest BCUT2D eigenvalue weighted by molar-refractivity contribution is 6.30. The molecule has 59 heavy (non-hydrogen) atoms. The van der Waals surface area contributed by atoms with E-state index < -0.39 is 108 Å². The number of esters is 1. The van der Waals surface area contributed by atoms with Gasteiger partial charge in [0.1, 0.15) is 54.0 Å². The normalized spacial score (nSPS) is 28.5. The number of halogens is 3. The predicted molar refractivity (Wildman–Crippen MR) is 207 cm³/mol. The van der Waals surface area contributed by atoms with Crippen LogP contribution in [0, 0.1) is 17.6 Å². The number of hydrogen-bond acceptors (Lipinski definition) is 9. The van der Waals surface area contributed by atoms with Gasteiger partial charge in [-0.15, -0.1) is 0 Å². The van der Waals surface area contributed by atoms with E-state index in [1.807, 2.05) is 6.92 Å². The highest BCUT2D eigenvalue weighted by Gasteiger charge is 2.49. The van der Waals surface area contributed by atoms with E-state index in [1.165, 1.54) is 35.8 Å². The van der Waals surface area contributed by atoms with Crippen molar-refractivity contribution >= 4 is 58.8 Å². The zero-order chi connectivity index (χ0) is 42.7. The average Bonchev–Trinajstić information content (AvgIpc) is 3.77. The van der Waals surface area contributed by atoms with Gasteiger partial charge in [0.2, 0.25) is 29.5 Å². The number of rotatable bonds is 6. The fourth-order valence-corrected chi connectivity index (χ4v) is 8.48. The average molecular weight is 844 g/mol. The highest BCUT2D eigenvalue weighted by atomic mass is 35.5. The molecule has 9 atom stereocenters. The van der Waals surface area contributed by atoms with Crippen molar-refractivity contribution in [1.29, 1.82) is 0 Å².